The van der Waals surface area contributed by atoms with Crippen molar-refractivity contribution in [1.29, 1.82) is 0 Å². The lowest BCUT2D eigenvalue weighted by Gasteiger charge is -2.24. The second kappa shape index (κ2) is 9.80. The first-order valence-electron chi connectivity index (χ1n) is 11.7. The number of rotatable bonds is 7. The lowest BCUT2D eigenvalue weighted by Crippen LogP contribution is -2.36. The number of hydrogen-bond donors (Lipinski definition) is 1. The number of sulfonamides is 1. The van der Waals surface area contributed by atoms with Crippen molar-refractivity contribution in [2.24, 2.45) is 5.92 Å². The predicted molar refractivity (Wildman–Crippen MR) is 121 cm³/mol. The van der Waals surface area contributed by atoms with E-state index in [4.69, 9.17) is 4.74 Å². The molecule has 1 aromatic rings. The first kappa shape index (κ1) is 23.7. The van der Waals surface area contributed by atoms with E-state index in [1.807, 2.05) is 0 Å². The third-order valence-corrected chi connectivity index (χ3v) is 8.66. The number of nitrogens with one attached hydrogen (secondary N) is 1. The Morgan fingerprint density at radius 3 is 2.33 bits per heavy atom. The molecule has 0 spiro atoms. The van der Waals surface area contributed by atoms with Crippen molar-refractivity contribution in [3.05, 3.63) is 24.3 Å². The number of carbonyl (C=O) groups is 3. The maximum absolute atomic E-state index is 12.6. The van der Waals surface area contributed by atoms with E-state index in [-0.39, 0.29) is 23.3 Å². The van der Waals surface area contributed by atoms with E-state index < -0.39 is 33.9 Å². The SMILES string of the molecule is C[C@@H](OC(=O)[C@H]1CC(=O)N(C2CCCC2)C1)C(=O)Nc1ccc(S(=O)(=O)N2CCCC2)cc1. The molecule has 3 aliphatic rings. The van der Waals surface area contributed by atoms with Crippen LogP contribution in [0, 0.1) is 5.92 Å². The lowest BCUT2D eigenvalue weighted by atomic mass is 10.1. The van der Waals surface area contributed by atoms with Gasteiger partial charge < -0.3 is 15.0 Å². The molecule has 0 radical (unpaired) electrons. The van der Waals surface area contributed by atoms with Gasteiger partial charge in [-0.05, 0) is 56.9 Å². The highest BCUT2D eigenvalue weighted by atomic mass is 32.2. The molecule has 0 unspecified atom stereocenters. The minimum atomic E-state index is -3.52. The van der Waals surface area contributed by atoms with E-state index in [0.717, 1.165) is 38.5 Å². The fourth-order valence-corrected chi connectivity index (χ4v) is 6.33. The summed E-state index contributed by atoms with van der Waals surface area (Å²) in [5, 5.41) is 2.65. The largest absolute Gasteiger partial charge is 0.452 e. The monoisotopic (exact) mass is 477 g/mol. The number of likely N-dealkylation sites (tertiary alicyclic amines) is 1. The molecule has 4 rings (SSSR count). The summed E-state index contributed by atoms with van der Waals surface area (Å²) in [5.74, 6) is -1.64. The normalized spacial score (nSPS) is 23.1. The Balaban J connectivity index is 1.29. The first-order chi connectivity index (χ1) is 15.8. The van der Waals surface area contributed by atoms with E-state index in [1.165, 1.54) is 35.5 Å². The zero-order valence-electron chi connectivity index (χ0n) is 18.9. The smallest absolute Gasteiger partial charge is 0.312 e. The van der Waals surface area contributed by atoms with Gasteiger partial charge in [0.1, 0.15) is 0 Å². The highest BCUT2D eigenvalue weighted by Gasteiger charge is 2.40. The van der Waals surface area contributed by atoms with Crippen LogP contribution in [0.2, 0.25) is 0 Å². The van der Waals surface area contributed by atoms with Crippen LogP contribution in [-0.4, -0.2) is 67.2 Å². The molecule has 1 saturated carbocycles. The van der Waals surface area contributed by atoms with Gasteiger partial charge in [-0.2, -0.15) is 4.31 Å². The van der Waals surface area contributed by atoms with Crippen molar-refractivity contribution in [3.8, 4) is 0 Å². The zero-order chi connectivity index (χ0) is 23.6. The molecule has 2 atom stereocenters. The summed E-state index contributed by atoms with van der Waals surface area (Å²) in [6, 6.07) is 6.17. The number of carbonyl (C=O) groups excluding carboxylic acids is 3. The molecule has 2 amide bonds. The van der Waals surface area contributed by atoms with Crippen LogP contribution in [0.3, 0.4) is 0 Å². The van der Waals surface area contributed by atoms with Crippen LogP contribution >= 0.6 is 0 Å². The Kier molecular flexibility index (Phi) is 7.04. The van der Waals surface area contributed by atoms with Gasteiger partial charge in [0.15, 0.2) is 6.10 Å². The van der Waals surface area contributed by atoms with Gasteiger partial charge >= 0.3 is 5.97 Å². The number of anilines is 1. The van der Waals surface area contributed by atoms with Crippen LogP contribution in [0.25, 0.3) is 0 Å². The van der Waals surface area contributed by atoms with Crippen LogP contribution in [0.1, 0.15) is 51.9 Å². The Hall–Kier alpha value is -2.46. The van der Waals surface area contributed by atoms with Gasteiger partial charge in [0, 0.05) is 37.8 Å². The number of nitrogens with zero attached hydrogens (tertiary/aromatic N) is 2. The molecule has 2 heterocycles. The van der Waals surface area contributed by atoms with Crippen molar-refractivity contribution in [2.75, 3.05) is 25.0 Å². The Labute approximate surface area is 194 Å². The fourth-order valence-electron chi connectivity index (χ4n) is 4.81. The van der Waals surface area contributed by atoms with Gasteiger partial charge in [0.05, 0.1) is 10.8 Å². The molecule has 0 bridgehead atoms. The van der Waals surface area contributed by atoms with Crippen LogP contribution < -0.4 is 5.32 Å². The minimum absolute atomic E-state index is 0.0232. The van der Waals surface area contributed by atoms with Gasteiger partial charge in [-0.1, -0.05) is 12.8 Å². The van der Waals surface area contributed by atoms with Crippen molar-refractivity contribution >= 4 is 33.5 Å². The van der Waals surface area contributed by atoms with Crippen molar-refractivity contribution in [3.63, 3.8) is 0 Å². The quantitative estimate of drug-likeness (QED) is 0.602. The Morgan fingerprint density at radius 2 is 1.70 bits per heavy atom. The van der Waals surface area contributed by atoms with E-state index in [9.17, 15) is 22.8 Å². The van der Waals surface area contributed by atoms with Gasteiger partial charge in [-0.15, -0.1) is 0 Å². The third kappa shape index (κ3) is 5.22. The van der Waals surface area contributed by atoms with Gasteiger partial charge in [-0.3, -0.25) is 14.4 Å². The molecule has 2 saturated heterocycles. The molecule has 0 aromatic heterocycles. The maximum atomic E-state index is 12.6. The summed E-state index contributed by atoms with van der Waals surface area (Å²) < 4.78 is 32.0. The minimum Gasteiger partial charge on any atom is -0.452 e. The third-order valence-electron chi connectivity index (χ3n) is 6.74. The molecule has 1 aromatic carbocycles. The maximum Gasteiger partial charge on any atom is 0.312 e. The second-order valence-electron chi connectivity index (χ2n) is 9.09. The van der Waals surface area contributed by atoms with E-state index in [2.05, 4.69) is 5.32 Å². The van der Waals surface area contributed by atoms with Crippen molar-refractivity contribution < 1.29 is 27.5 Å². The Morgan fingerprint density at radius 1 is 1.06 bits per heavy atom. The summed E-state index contributed by atoms with van der Waals surface area (Å²) in [4.78, 5) is 39.3. The summed E-state index contributed by atoms with van der Waals surface area (Å²) in [5.41, 5.74) is 0.409. The van der Waals surface area contributed by atoms with E-state index >= 15 is 0 Å². The first-order valence-corrected chi connectivity index (χ1v) is 13.1. The second-order valence-corrected chi connectivity index (χ2v) is 11.0. The van der Waals surface area contributed by atoms with Crippen molar-refractivity contribution in [2.45, 2.75) is 68.9 Å². The number of hydrogen-bond acceptors (Lipinski definition) is 6. The molecular formula is C23H31N3O6S. The summed E-state index contributed by atoms with van der Waals surface area (Å²) in [6.07, 6.45) is 4.96. The molecule has 9 nitrogen and oxygen atoms in total. The number of benzene rings is 1. The molecule has 1 N–H and O–H groups in total. The topological polar surface area (TPSA) is 113 Å². The number of esters is 1. The van der Waals surface area contributed by atoms with Gasteiger partial charge in [-0.25, -0.2) is 8.42 Å². The van der Waals surface area contributed by atoms with Crippen LogP contribution in [-0.2, 0) is 29.1 Å². The zero-order valence-corrected chi connectivity index (χ0v) is 19.7. The fraction of sp³-hybridized carbons (Fsp3) is 0.609. The predicted octanol–water partition coefficient (Wildman–Crippen LogP) is 2.13. The number of ether oxygens (including phenoxy) is 1. The van der Waals surface area contributed by atoms with E-state index in [1.54, 1.807) is 4.90 Å². The molecule has 3 fully saturated rings. The van der Waals surface area contributed by atoms with Gasteiger partial charge in [0.2, 0.25) is 15.9 Å². The van der Waals surface area contributed by atoms with Crippen molar-refractivity contribution in [1.82, 2.24) is 9.21 Å². The summed E-state index contributed by atoms with van der Waals surface area (Å²) in [6.45, 7) is 2.87. The molecule has 33 heavy (non-hydrogen) atoms. The Bertz CT molecular complexity index is 998. The summed E-state index contributed by atoms with van der Waals surface area (Å²) in [7, 11) is -3.52. The number of amides is 2. The van der Waals surface area contributed by atoms with Crippen LogP contribution in [0.4, 0.5) is 5.69 Å². The standard InChI is InChI=1S/C23H31N3O6S/c1-16(32-23(29)17-14-21(27)26(15-17)19-6-2-3-7-19)22(28)24-18-8-10-20(11-9-18)33(30,31)25-12-4-5-13-25/h8-11,16-17,19H,2-7,12-15H2,1H3,(H,24,28)/t16-,17+/m1/s1. The summed E-state index contributed by atoms with van der Waals surface area (Å²) >= 11 is 0. The van der Waals surface area contributed by atoms with Crippen LogP contribution in [0.15, 0.2) is 29.2 Å². The molecule has 180 valence electrons. The van der Waals surface area contributed by atoms with Gasteiger partial charge in [0.25, 0.3) is 5.91 Å². The highest BCUT2D eigenvalue weighted by Crippen LogP contribution is 2.30. The van der Waals surface area contributed by atoms with E-state index in [0.29, 0.717) is 25.3 Å². The molecule has 2 aliphatic heterocycles. The average Bonchev–Trinajstić information content (AvgIpc) is 3.55. The average molecular weight is 478 g/mol. The molecular weight excluding hydrogens is 446 g/mol. The van der Waals surface area contributed by atoms with Crippen LogP contribution in [0.5, 0.6) is 0 Å². The lowest BCUT2D eigenvalue weighted by molar-refractivity contribution is -0.157. The molecule has 1 aliphatic carbocycles. The highest BCUT2D eigenvalue weighted by molar-refractivity contribution is 7.89. The molecule has 10 heteroatoms.